The number of aryl methyl sites for hydroxylation is 2. The number of hydrogen-bond acceptors (Lipinski definition) is 6. The molecule has 1 atom stereocenters. The first-order chi connectivity index (χ1) is 16.4. The third kappa shape index (κ3) is 3.79. The Hall–Kier alpha value is -3.16. The van der Waals surface area contributed by atoms with Crippen molar-refractivity contribution in [3.63, 3.8) is 0 Å². The van der Waals surface area contributed by atoms with Crippen molar-refractivity contribution in [2.75, 3.05) is 11.5 Å². The van der Waals surface area contributed by atoms with Gasteiger partial charge in [-0.2, -0.15) is 0 Å². The minimum absolute atomic E-state index is 0.0404. The molecule has 174 valence electrons. The zero-order chi connectivity index (χ0) is 24.0. The van der Waals surface area contributed by atoms with Crippen molar-refractivity contribution < 1.29 is 13.9 Å². The molecule has 0 saturated carbocycles. The second-order valence-corrected chi connectivity index (χ2v) is 9.92. The Morgan fingerprint density at radius 1 is 1.15 bits per heavy atom. The van der Waals surface area contributed by atoms with Gasteiger partial charge in [0.15, 0.2) is 10.6 Å². The summed E-state index contributed by atoms with van der Waals surface area (Å²) in [6, 6.07) is 11.7. The van der Waals surface area contributed by atoms with Crippen molar-refractivity contribution in [2.45, 2.75) is 39.7 Å². The van der Waals surface area contributed by atoms with Crippen molar-refractivity contribution in [3.05, 3.63) is 85.2 Å². The van der Waals surface area contributed by atoms with Crippen LogP contribution in [0, 0.1) is 13.8 Å². The highest BCUT2D eigenvalue weighted by molar-refractivity contribution is 7.15. The van der Waals surface area contributed by atoms with Gasteiger partial charge in [-0.15, -0.1) is 11.3 Å². The molecular formula is C26H23ClN2O4S. The number of benzene rings is 2. The van der Waals surface area contributed by atoms with E-state index in [1.807, 2.05) is 38.1 Å². The molecule has 1 amide bonds. The molecular weight excluding hydrogens is 472 g/mol. The number of amides is 1. The summed E-state index contributed by atoms with van der Waals surface area (Å²) in [5.41, 5.74) is 1.97. The largest absolute Gasteiger partial charge is 0.494 e. The molecule has 0 saturated heterocycles. The summed E-state index contributed by atoms with van der Waals surface area (Å²) in [6.07, 6.45) is 2.02. The van der Waals surface area contributed by atoms with E-state index in [1.165, 1.54) is 11.3 Å². The summed E-state index contributed by atoms with van der Waals surface area (Å²) in [5, 5.41) is 1.30. The number of thiazole rings is 1. The van der Waals surface area contributed by atoms with Gasteiger partial charge in [0.2, 0.25) is 5.76 Å². The van der Waals surface area contributed by atoms with E-state index in [9.17, 15) is 9.59 Å². The highest BCUT2D eigenvalue weighted by atomic mass is 35.5. The minimum Gasteiger partial charge on any atom is -0.494 e. The number of ether oxygens (including phenoxy) is 1. The molecule has 3 heterocycles. The van der Waals surface area contributed by atoms with E-state index in [1.54, 1.807) is 23.1 Å². The van der Waals surface area contributed by atoms with Gasteiger partial charge < -0.3 is 9.15 Å². The topological polar surface area (TPSA) is 72.6 Å². The highest BCUT2D eigenvalue weighted by Crippen LogP contribution is 2.43. The summed E-state index contributed by atoms with van der Waals surface area (Å²) >= 11 is 7.58. The molecule has 0 fully saturated rings. The van der Waals surface area contributed by atoms with Crippen molar-refractivity contribution in [2.24, 2.45) is 0 Å². The average Bonchev–Trinajstić information content (AvgIpc) is 3.31. The van der Waals surface area contributed by atoms with E-state index < -0.39 is 6.04 Å². The van der Waals surface area contributed by atoms with Crippen LogP contribution in [0.5, 0.6) is 5.75 Å². The van der Waals surface area contributed by atoms with E-state index in [2.05, 4.69) is 11.9 Å². The molecule has 4 aromatic rings. The number of aromatic nitrogens is 1. The zero-order valence-electron chi connectivity index (χ0n) is 19.1. The van der Waals surface area contributed by atoms with Gasteiger partial charge in [-0.1, -0.05) is 37.1 Å². The summed E-state index contributed by atoms with van der Waals surface area (Å²) in [6.45, 7) is 6.61. The third-order valence-electron chi connectivity index (χ3n) is 6.02. The molecule has 0 radical (unpaired) electrons. The molecule has 0 spiro atoms. The summed E-state index contributed by atoms with van der Waals surface area (Å²) in [4.78, 5) is 34.5. The molecule has 2 aromatic heterocycles. The van der Waals surface area contributed by atoms with E-state index in [0.717, 1.165) is 34.7 Å². The van der Waals surface area contributed by atoms with Crippen LogP contribution in [0.15, 0.2) is 51.7 Å². The Labute approximate surface area is 205 Å². The van der Waals surface area contributed by atoms with Crippen LogP contribution in [0.25, 0.3) is 11.0 Å². The Bertz CT molecular complexity index is 1440. The monoisotopic (exact) mass is 494 g/mol. The number of rotatable bonds is 6. The van der Waals surface area contributed by atoms with E-state index >= 15 is 0 Å². The lowest BCUT2D eigenvalue weighted by atomic mass is 9.98. The third-order valence-corrected chi connectivity index (χ3v) is 7.33. The quantitative estimate of drug-likeness (QED) is 0.288. The van der Waals surface area contributed by atoms with E-state index in [-0.39, 0.29) is 17.1 Å². The molecule has 2 aromatic carbocycles. The van der Waals surface area contributed by atoms with Crippen LogP contribution in [-0.2, 0) is 0 Å². The van der Waals surface area contributed by atoms with Gasteiger partial charge in [-0.05, 0) is 56.2 Å². The van der Waals surface area contributed by atoms with Crippen LogP contribution in [0.4, 0.5) is 5.13 Å². The number of carbonyl (C=O) groups excluding carboxylic acids is 1. The molecule has 0 aliphatic carbocycles. The van der Waals surface area contributed by atoms with E-state index in [0.29, 0.717) is 33.3 Å². The van der Waals surface area contributed by atoms with Gasteiger partial charge in [0.1, 0.15) is 11.3 Å². The Morgan fingerprint density at radius 3 is 2.59 bits per heavy atom. The number of carbonyl (C=O) groups is 1. The van der Waals surface area contributed by atoms with Crippen LogP contribution in [0.2, 0.25) is 5.02 Å². The average molecular weight is 495 g/mol. The first-order valence-electron chi connectivity index (χ1n) is 11.2. The molecule has 1 aliphatic rings. The maximum Gasteiger partial charge on any atom is 0.297 e. The van der Waals surface area contributed by atoms with Crippen molar-refractivity contribution in [1.82, 2.24) is 4.98 Å². The number of nitrogens with zero attached hydrogens (tertiary/aromatic N) is 2. The van der Waals surface area contributed by atoms with Crippen molar-refractivity contribution in [3.8, 4) is 5.75 Å². The zero-order valence-corrected chi connectivity index (χ0v) is 20.6. The van der Waals surface area contributed by atoms with Crippen LogP contribution in [0.3, 0.4) is 0 Å². The van der Waals surface area contributed by atoms with Crippen molar-refractivity contribution in [1.29, 1.82) is 0 Å². The fourth-order valence-corrected chi connectivity index (χ4v) is 5.21. The predicted molar refractivity (Wildman–Crippen MR) is 135 cm³/mol. The SMILES string of the molecule is CCCCOc1ccc(C2c3c(oc4ccc(Cl)cc4c3=O)C(=O)N2c2nc(C)c(C)s2)cc1. The summed E-state index contributed by atoms with van der Waals surface area (Å²) < 4.78 is 11.8. The number of hydrogen-bond donors (Lipinski definition) is 0. The Morgan fingerprint density at radius 2 is 1.91 bits per heavy atom. The molecule has 34 heavy (non-hydrogen) atoms. The number of anilines is 1. The second kappa shape index (κ2) is 8.89. The minimum atomic E-state index is -0.670. The lowest BCUT2D eigenvalue weighted by Gasteiger charge is -2.22. The van der Waals surface area contributed by atoms with Gasteiger partial charge in [0, 0.05) is 9.90 Å². The fraction of sp³-hybridized carbons (Fsp3) is 0.269. The van der Waals surface area contributed by atoms with Gasteiger partial charge >= 0.3 is 0 Å². The standard InChI is InChI=1S/C26H23ClN2O4S/c1-4-5-12-32-18-9-6-16(7-10-18)22-21-23(30)19-13-17(27)8-11-20(19)33-24(21)25(31)29(22)26-28-14(2)15(3)34-26/h6-11,13,22H,4-5,12H2,1-3H3. The molecule has 0 bridgehead atoms. The van der Waals surface area contributed by atoms with Gasteiger partial charge in [0.05, 0.1) is 29.3 Å². The lowest BCUT2D eigenvalue weighted by molar-refractivity contribution is 0.0971. The lowest BCUT2D eigenvalue weighted by Crippen LogP contribution is -2.29. The van der Waals surface area contributed by atoms with Crippen LogP contribution < -0.4 is 15.1 Å². The van der Waals surface area contributed by atoms with Gasteiger partial charge in [-0.25, -0.2) is 4.98 Å². The predicted octanol–water partition coefficient (Wildman–Crippen LogP) is 6.45. The molecule has 5 rings (SSSR count). The molecule has 1 unspecified atom stereocenters. The van der Waals surface area contributed by atoms with Gasteiger partial charge in [-0.3, -0.25) is 14.5 Å². The first kappa shape index (κ1) is 22.6. The fourth-order valence-electron chi connectivity index (χ4n) is 4.10. The molecule has 1 aliphatic heterocycles. The highest BCUT2D eigenvalue weighted by Gasteiger charge is 2.45. The Balaban J connectivity index is 1.68. The Kier molecular flexibility index (Phi) is 5.91. The van der Waals surface area contributed by atoms with Crippen LogP contribution in [0.1, 0.15) is 58.1 Å². The maximum absolute atomic E-state index is 13.7. The van der Waals surface area contributed by atoms with Crippen molar-refractivity contribution >= 4 is 44.9 Å². The van der Waals surface area contributed by atoms with E-state index in [4.69, 9.17) is 20.8 Å². The number of fused-ring (bicyclic) bond motifs is 2. The second-order valence-electron chi connectivity index (χ2n) is 8.30. The maximum atomic E-state index is 13.7. The molecule has 0 N–H and O–H groups in total. The molecule has 6 nitrogen and oxygen atoms in total. The summed E-state index contributed by atoms with van der Waals surface area (Å²) in [7, 11) is 0. The smallest absolute Gasteiger partial charge is 0.297 e. The van der Waals surface area contributed by atoms with Crippen LogP contribution in [-0.4, -0.2) is 17.5 Å². The normalized spacial score (nSPS) is 15.2. The number of halogens is 1. The first-order valence-corrected chi connectivity index (χ1v) is 12.3. The van der Waals surface area contributed by atoms with Gasteiger partial charge in [0.25, 0.3) is 5.91 Å². The number of unbranched alkanes of at least 4 members (excludes halogenated alkanes) is 1. The van der Waals surface area contributed by atoms with Crippen LogP contribution >= 0.6 is 22.9 Å². The summed E-state index contributed by atoms with van der Waals surface area (Å²) in [5.74, 6) is 0.399. The molecule has 8 heteroatoms.